The number of rotatable bonds is 2. The molecular formula is C17H17F2N3O2. The summed E-state index contributed by atoms with van der Waals surface area (Å²) in [5.74, 6) is -1.88. The number of anilines is 2. The molecule has 1 aliphatic rings. The van der Waals surface area contributed by atoms with Gasteiger partial charge in [0.25, 0.3) is 0 Å². The molecule has 0 aromatic heterocycles. The average Bonchev–Trinajstić information content (AvgIpc) is 2.59. The van der Waals surface area contributed by atoms with Crippen molar-refractivity contribution in [2.45, 2.75) is 0 Å². The van der Waals surface area contributed by atoms with Crippen LogP contribution in [0.5, 0.6) is 5.75 Å². The highest BCUT2D eigenvalue weighted by atomic mass is 19.2. The predicted molar refractivity (Wildman–Crippen MR) is 87.3 cm³/mol. The van der Waals surface area contributed by atoms with Crippen LogP contribution in [0.2, 0.25) is 0 Å². The van der Waals surface area contributed by atoms with Crippen molar-refractivity contribution in [3.05, 3.63) is 54.1 Å². The fourth-order valence-electron chi connectivity index (χ4n) is 2.68. The van der Waals surface area contributed by atoms with Crippen molar-refractivity contribution in [2.75, 3.05) is 36.4 Å². The van der Waals surface area contributed by atoms with E-state index in [2.05, 4.69) is 5.32 Å². The third-order valence-electron chi connectivity index (χ3n) is 3.98. The van der Waals surface area contributed by atoms with Gasteiger partial charge in [-0.25, -0.2) is 13.6 Å². The zero-order valence-electron chi connectivity index (χ0n) is 12.9. The Balaban J connectivity index is 1.61. The van der Waals surface area contributed by atoms with E-state index < -0.39 is 17.7 Å². The maximum atomic E-state index is 13.6. The van der Waals surface area contributed by atoms with Gasteiger partial charge >= 0.3 is 6.03 Å². The molecule has 2 amide bonds. The van der Waals surface area contributed by atoms with Crippen LogP contribution in [-0.4, -0.2) is 42.2 Å². The van der Waals surface area contributed by atoms with Crippen molar-refractivity contribution in [3.8, 4) is 5.75 Å². The SMILES string of the molecule is O=C(Nc1cccc(F)c1F)N1CCN(c2ccccc2O)CC1. The smallest absolute Gasteiger partial charge is 0.322 e. The summed E-state index contributed by atoms with van der Waals surface area (Å²) in [5.41, 5.74) is 0.539. The summed E-state index contributed by atoms with van der Waals surface area (Å²) in [6, 6.07) is 10.2. The molecule has 2 aromatic rings. The van der Waals surface area contributed by atoms with E-state index in [0.717, 1.165) is 6.07 Å². The first-order chi connectivity index (χ1) is 11.6. The van der Waals surface area contributed by atoms with Crippen LogP contribution in [0.15, 0.2) is 42.5 Å². The Hall–Kier alpha value is -2.83. The Morgan fingerprint density at radius 3 is 2.42 bits per heavy atom. The maximum absolute atomic E-state index is 13.6. The molecular weight excluding hydrogens is 316 g/mol. The number of hydrogen-bond acceptors (Lipinski definition) is 3. The molecule has 0 bridgehead atoms. The molecule has 5 nitrogen and oxygen atoms in total. The lowest BCUT2D eigenvalue weighted by atomic mass is 10.2. The van der Waals surface area contributed by atoms with Crippen LogP contribution >= 0.6 is 0 Å². The van der Waals surface area contributed by atoms with Gasteiger partial charge in [-0.05, 0) is 24.3 Å². The fraction of sp³-hybridized carbons (Fsp3) is 0.235. The van der Waals surface area contributed by atoms with Crippen molar-refractivity contribution in [2.24, 2.45) is 0 Å². The summed E-state index contributed by atoms with van der Waals surface area (Å²) in [4.78, 5) is 15.7. The Labute approximate surface area is 138 Å². The van der Waals surface area contributed by atoms with Crippen LogP contribution < -0.4 is 10.2 Å². The van der Waals surface area contributed by atoms with Crippen LogP contribution in [0.3, 0.4) is 0 Å². The van der Waals surface area contributed by atoms with Gasteiger partial charge in [0, 0.05) is 26.2 Å². The van der Waals surface area contributed by atoms with E-state index in [-0.39, 0.29) is 11.4 Å². The van der Waals surface area contributed by atoms with Gasteiger partial charge in [-0.15, -0.1) is 0 Å². The molecule has 126 valence electrons. The molecule has 0 atom stereocenters. The zero-order chi connectivity index (χ0) is 17.1. The minimum Gasteiger partial charge on any atom is -0.506 e. The van der Waals surface area contributed by atoms with Crippen LogP contribution in [0.25, 0.3) is 0 Å². The number of nitrogens with one attached hydrogen (secondary N) is 1. The fourth-order valence-corrected chi connectivity index (χ4v) is 2.68. The highest BCUT2D eigenvalue weighted by molar-refractivity contribution is 5.89. The predicted octanol–water partition coefficient (Wildman–Crippen LogP) is 3.02. The molecule has 1 fully saturated rings. The topological polar surface area (TPSA) is 55.8 Å². The standard InChI is InChI=1S/C17H17F2N3O2/c18-12-4-3-5-13(16(12)19)20-17(24)22-10-8-21(9-11-22)14-6-1-2-7-15(14)23/h1-7,23H,8-11H2,(H,20,24). The van der Waals surface area contributed by atoms with E-state index in [9.17, 15) is 18.7 Å². The number of nitrogens with zero attached hydrogens (tertiary/aromatic N) is 2. The molecule has 0 spiro atoms. The second-order valence-electron chi connectivity index (χ2n) is 5.49. The lowest BCUT2D eigenvalue weighted by Gasteiger charge is -2.36. The lowest BCUT2D eigenvalue weighted by Crippen LogP contribution is -2.50. The summed E-state index contributed by atoms with van der Waals surface area (Å²) in [7, 11) is 0. The molecule has 7 heteroatoms. The second kappa shape index (κ2) is 6.74. The van der Waals surface area contributed by atoms with Gasteiger partial charge < -0.3 is 20.2 Å². The Kier molecular flexibility index (Phi) is 4.50. The van der Waals surface area contributed by atoms with Crippen molar-refractivity contribution < 1.29 is 18.7 Å². The molecule has 0 unspecified atom stereocenters. The summed E-state index contributed by atoms with van der Waals surface area (Å²) in [6.45, 7) is 1.90. The number of para-hydroxylation sites is 2. The molecule has 0 radical (unpaired) electrons. The first-order valence-electron chi connectivity index (χ1n) is 7.59. The molecule has 1 aliphatic heterocycles. The summed E-state index contributed by atoms with van der Waals surface area (Å²) in [6.07, 6.45) is 0. The largest absolute Gasteiger partial charge is 0.506 e. The van der Waals surface area contributed by atoms with Crippen molar-refractivity contribution in [3.63, 3.8) is 0 Å². The lowest BCUT2D eigenvalue weighted by molar-refractivity contribution is 0.208. The maximum Gasteiger partial charge on any atom is 0.322 e. The minimum absolute atomic E-state index is 0.178. The number of halogens is 2. The van der Waals surface area contributed by atoms with E-state index in [1.165, 1.54) is 17.0 Å². The zero-order valence-corrected chi connectivity index (χ0v) is 12.9. The number of amides is 2. The summed E-state index contributed by atoms with van der Waals surface area (Å²) >= 11 is 0. The molecule has 0 aliphatic carbocycles. The number of carbonyl (C=O) groups excluding carboxylic acids is 1. The van der Waals surface area contributed by atoms with Gasteiger partial charge in [-0.3, -0.25) is 0 Å². The van der Waals surface area contributed by atoms with Crippen molar-refractivity contribution in [1.29, 1.82) is 0 Å². The van der Waals surface area contributed by atoms with Crippen LogP contribution in [-0.2, 0) is 0 Å². The monoisotopic (exact) mass is 333 g/mol. The van der Waals surface area contributed by atoms with Gasteiger partial charge in [0.05, 0.1) is 11.4 Å². The van der Waals surface area contributed by atoms with Crippen molar-refractivity contribution >= 4 is 17.4 Å². The summed E-state index contributed by atoms with van der Waals surface area (Å²) in [5, 5.41) is 12.3. The number of benzene rings is 2. The minimum atomic E-state index is -1.07. The van der Waals surface area contributed by atoms with Gasteiger partial charge in [-0.2, -0.15) is 0 Å². The van der Waals surface area contributed by atoms with Gasteiger partial charge in [0.15, 0.2) is 11.6 Å². The van der Waals surface area contributed by atoms with Gasteiger partial charge in [0.1, 0.15) is 5.75 Å². The molecule has 2 N–H and O–H groups in total. The molecule has 0 saturated carbocycles. The first kappa shape index (κ1) is 16.0. The number of urea groups is 1. The first-order valence-corrected chi connectivity index (χ1v) is 7.59. The Morgan fingerprint density at radius 1 is 1.00 bits per heavy atom. The summed E-state index contributed by atoms with van der Waals surface area (Å²) < 4.78 is 26.8. The highest BCUT2D eigenvalue weighted by Crippen LogP contribution is 2.27. The van der Waals surface area contributed by atoms with Crippen LogP contribution in [0.1, 0.15) is 0 Å². The quantitative estimate of drug-likeness (QED) is 0.888. The normalized spacial score (nSPS) is 14.6. The Morgan fingerprint density at radius 2 is 1.71 bits per heavy atom. The second-order valence-corrected chi connectivity index (χ2v) is 5.49. The van der Waals surface area contributed by atoms with E-state index in [1.807, 2.05) is 17.0 Å². The number of hydrogen-bond donors (Lipinski definition) is 2. The molecule has 1 heterocycles. The van der Waals surface area contributed by atoms with Gasteiger partial charge in [-0.1, -0.05) is 18.2 Å². The number of carbonyl (C=O) groups is 1. The Bertz CT molecular complexity index is 746. The number of piperazine rings is 1. The number of phenolic OH excluding ortho intramolecular Hbond substituents is 1. The van der Waals surface area contributed by atoms with Crippen LogP contribution in [0.4, 0.5) is 25.0 Å². The van der Waals surface area contributed by atoms with E-state index in [0.29, 0.717) is 31.9 Å². The van der Waals surface area contributed by atoms with E-state index in [1.54, 1.807) is 12.1 Å². The average molecular weight is 333 g/mol. The number of phenols is 1. The number of aromatic hydroxyl groups is 1. The van der Waals surface area contributed by atoms with Crippen LogP contribution in [0, 0.1) is 11.6 Å². The molecule has 2 aromatic carbocycles. The van der Waals surface area contributed by atoms with E-state index in [4.69, 9.17) is 0 Å². The highest BCUT2D eigenvalue weighted by Gasteiger charge is 2.23. The molecule has 3 rings (SSSR count). The molecule has 24 heavy (non-hydrogen) atoms. The molecule has 1 saturated heterocycles. The van der Waals surface area contributed by atoms with Crippen molar-refractivity contribution in [1.82, 2.24) is 4.90 Å². The van der Waals surface area contributed by atoms with Gasteiger partial charge in [0.2, 0.25) is 0 Å². The van der Waals surface area contributed by atoms with E-state index >= 15 is 0 Å². The third kappa shape index (κ3) is 3.24. The third-order valence-corrected chi connectivity index (χ3v) is 3.98.